The predicted octanol–water partition coefficient (Wildman–Crippen LogP) is 11.9. The van der Waals surface area contributed by atoms with Gasteiger partial charge in [0.25, 0.3) is 0 Å². The Labute approximate surface area is 262 Å². The molecule has 46 heavy (non-hydrogen) atoms. The van der Waals surface area contributed by atoms with Gasteiger partial charge in [-0.1, -0.05) is 66.7 Å². The minimum Gasteiger partial charge on any atom is -0.456 e. The number of fused-ring (bicyclic) bond motifs is 9. The molecule has 0 fully saturated rings. The van der Waals surface area contributed by atoms with E-state index in [1.165, 1.54) is 0 Å². The molecule has 0 aliphatic carbocycles. The highest BCUT2D eigenvalue weighted by Gasteiger charge is 2.21. The first kappa shape index (κ1) is 25.0. The summed E-state index contributed by atoms with van der Waals surface area (Å²) in [4.78, 5) is 7.15. The number of para-hydroxylation sites is 2. The largest absolute Gasteiger partial charge is 0.456 e. The van der Waals surface area contributed by atoms with Crippen LogP contribution in [0.15, 0.2) is 159 Å². The number of benzene rings is 7. The monoisotopic (exact) mass is 592 g/mol. The Balaban J connectivity index is 1.24. The summed E-state index contributed by atoms with van der Waals surface area (Å²) in [5.41, 5.74) is 9.06. The van der Waals surface area contributed by atoms with Crippen molar-refractivity contribution in [2.75, 3.05) is 4.90 Å². The molecule has 0 bridgehead atoms. The van der Waals surface area contributed by atoms with E-state index in [-0.39, 0.29) is 0 Å². The molecule has 0 N–H and O–H groups in total. The quantitative estimate of drug-likeness (QED) is 0.203. The highest BCUT2D eigenvalue weighted by Crippen LogP contribution is 2.44. The van der Waals surface area contributed by atoms with Crippen LogP contribution in [-0.2, 0) is 0 Å². The summed E-state index contributed by atoms with van der Waals surface area (Å²) in [6, 6.07) is 49.8. The molecule has 5 nitrogen and oxygen atoms in total. The van der Waals surface area contributed by atoms with Crippen molar-refractivity contribution < 1.29 is 13.3 Å². The lowest BCUT2D eigenvalue weighted by Crippen LogP contribution is -2.10. The Kier molecular flexibility index (Phi) is 5.22. The van der Waals surface area contributed by atoms with Gasteiger partial charge in [-0.2, -0.15) is 0 Å². The lowest BCUT2D eigenvalue weighted by Gasteiger charge is -2.27. The fourth-order valence-corrected chi connectivity index (χ4v) is 6.76. The average molecular weight is 593 g/mol. The van der Waals surface area contributed by atoms with E-state index < -0.39 is 0 Å². The minimum atomic E-state index is 0.611. The second-order valence-electron chi connectivity index (χ2n) is 11.6. The molecule has 5 heteroatoms. The van der Waals surface area contributed by atoms with Gasteiger partial charge < -0.3 is 18.2 Å². The third-order valence-corrected chi connectivity index (χ3v) is 8.89. The molecule has 0 saturated heterocycles. The van der Waals surface area contributed by atoms with Crippen LogP contribution in [0.25, 0.3) is 77.2 Å². The minimum absolute atomic E-state index is 0.611. The highest BCUT2D eigenvalue weighted by atomic mass is 16.3. The Morgan fingerprint density at radius 2 is 1.00 bits per heavy atom. The molecule has 0 amide bonds. The number of aromatic nitrogens is 1. The average Bonchev–Trinajstić information content (AvgIpc) is 3.82. The number of hydrogen-bond acceptors (Lipinski definition) is 5. The molecular weight excluding hydrogens is 568 g/mol. The van der Waals surface area contributed by atoms with Gasteiger partial charge in [-0.3, -0.25) is 0 Å². The van der Waals surface area contributed by atoms with Crippen molar-refractivity contribution in [3.8, 4) is 11.5 Å². The third kappa shape index (κ3) is 3.72. The van der Waals surface area contributed by atoms with Crippen LogP contribution < -0.4 is 4.90 Å². The third-order valence-electron chi connectivity index (χ3n) is 8.89. The number of hydrogen-bond donors (Lipinski definition) is 0. The van der Waals surface area contributed by atoms with Crippen molar-refractivity contribution in [1.29, 1.82) is 0 Å². The summed E-state index contributed by atoms with van der Waals surface area (Å²) in [7, 11) is 0. The standard InChI is InChI=1S/C41H24N2O3/c1-2-9-25(10-3-1)41-42-34-20-19-28-31(40(34)46-41)13-8-14-35(28)43(26-17-21-38-32(23-26)29-11-4-6-15-36(29)44-38)27-18-22-39-33(24-27)30-12-5-7-16-37(30)45-39/h1-24H. The predicted molar refractivity (Wildman–Crippen MR) is 186 cm³/mol. The summed E-state index contributed by atoms with van der Waals surface area (Å²) in [6.07, 6.45) is 0. The lowest BCUT2D eigenvalue weighted by molar-refractivity contribution is 0.623. The second-order valence-corrected chi connectivity index (χ2v) is 11.6. The van der Waals surface area contributed by atoms with Crippen molar-refractivity contribution in [1.82, 2.24) is 4.98 Å². The van der Waals surface area contributed by atoms with Crippen molar-refractivity contribution in [3.63, 3.8) is 0 Å². The summed E-state index contributed by atoms with van der Waals surface area (Å²) < 4.78 is 18.9. The summed E-state index contributed by atoms with van der Waals surface area (Å²) in [6.45, 7) is 0. The van der Waals surface area contributed by atoms with E-state index >= 15 is 0 Å². The topological polar surface area (TPSA) is 55.6 Å². The van der Waals surface area contributed by atoms with E-state index in [0.717, 1.165) is 88.4 Å². The van der Waals surface area contributed by atoms with Crippen LogP contribution in [0.2, 0.25) is 0 Å². The van der Waals surface area contributed by atoms with Gasteiger partial charge in [-0.05, 0) is 78.9 Å². The molecule has 10 rings (SSSR count). The molecule has 0 unspecified atom stereocenters. The van der Waals surface area contributed by atoms with E-state index in [4.69, 9.17) is 18.2 Å². The summed E-state index contributed by atoms with van der Waals surface area (Å²) in [5, 5.41) is 6.37. The molecule has 7 aromatic carbocycles. The molecule has 0 spiro atoms. The molecule has 216 valence electrons. The second kappa shape index (κ2) is 9.58. The zero-order chi connectivity index (χ0) is 30.2. The van der Waals surface area contributed by atoms with Gasteiger partial charge in [-0.15, -0.1) is 0 Å². The maximum atomic E-state index is 6.45. The maximum Gasteiger partial charge on any atom is 0.227 e. The molecule has 0 radical (unpaired) electrons. The highest BCUT2D eigenvalue weighted by molar-refractivity contribution is 6.12. The summed E-state index contributed by atoms with van der Waals surface area (Å²) >= 11 is 0. The first-order valence-corrected chi connectivity index (χ1v) is 15.3. The molecular formula is C41H24N2O3. The fraction of sp³-hybridized carbons (Fsp3) is 0. The normalized spacial score (nSPS) is 11.9. The molecule has 3 heterocycles. The van der Waals surface area contributed by atoms with Crippen LogP contribution in [0.4, 0.5) is 17.1 Å². The van der Waals surface area contributed by atoms with Crippen molar-refractivity contribution in [3.05, 3.63) is 146 Å². The summed E-state index contributed by atoms with van der Waals surface area (Å²) in [5.74, 6) is 0.611. The van der Waals surface area contributed by atoms with Crippen molar-refractivity contribution in [2.24, 2.45) is 0 Å². The van der Waals surface area contributed by atoms with Gasteiger partial charge in [0.1, 0.15) is 27.8 Å². The van der Waals surface area contributed by atoms with Gasteiger partial charge in [0, 0.05) is 49.3 Å². The zero-order valence-corrected chi connectivity index (χ0v) is 24.5. The maximum absolute atomic E-state index is 6.45. The zero-order valence-electron chi connectivity index (χ0n) is 24.5. The molecule has 10 aromatic rings. The first-order chi connectivity index (χ1) is 22.8. The van der Waals surface area contributed by atoms with E-state index in [1.54, 1.807) is 0 Å². The van der Waals surface area contributed by atoms with Crippen LogP contribution in [-0.4, -0.2) is 4.98 Å². The molecule has 0 saturated carbocycles. The Hall–Kier alpha value is -6.33. The molecule has 0 aliphatic rings. The fourth-order valence-electron chi connectivity index (χ4n) is 6.76. The van der Waals surface area contributed by atoms with Crippen LogP contribution in [0.5, 0.6) is 0 Å². The Morgan fingerprint density at radius 1 is 0.413 bits per heavy atom. The van der Waals surface area contributed by atoms with E-state index in [1.807, 2.05) is 54.6 Å². The number of oxazole rings is 1. The van der Waals surface area contributed by atoms with Crippen LogP contribution >= 0.6 is 0 Å². The van der Waals surface area contributed by atoms with Crippen LogP contribution in [0.3, 0.4) is 0 Å². The lowest BCUT2D eigenvalue weighted by atomic mass is 10.0. The van der Waals surface area contributed by atoms with Gasteiger partial charge in [0.2, 0.25) is 5.89 Å². The SMILES string of the molecule is c1ccc(-c2nc3ccc4c(N(c5ccc6oc7ccccc7c6c5)c5ccc6oc7ccccc7c6c5)cccc4c3o2)cc1. The number of nitrogens with zero attached hydrogens (tertiary/aromatic N) is 2. The van der Waals surface area contributed by atoms with E-state index in [0.29, 0.717) is 5.89 Å². The van der Waals surface area contributed by atoms with Crippen LogP contribution in [0.1, 0.15) is 0 Å². The molecule has 3 aromatic heterocycles. The van der Waals surface area contributed by atoms with E-state index in [2.05, 4.69) is 95.9 Å². The van der Waals surface area contributed by atoms with E-state index in [9.17, 15) is 0 Å². The van der Waals surface area contributed by atoms with Gasteiger partial charge in [0.05, 0.1) is 5.69 Å². The van der Waals surface area contributed by atoms with Gasteiger partial charge >= 0.3 is 0 Å². The van der Waals surface area contributed by atoms with Crippen LogP contribution in [0, 0.1) is 0 Å². The first-order valence-electron chi connectivity index (χ1n) is 15.3. The Bertz CT molecular complexity index is 2660. The Morgan fingerprint density at radius 3 is 1.67 bits per heavy atom. The number of furan rings is 2. The van der Waals surface area contributed by atoms with Gasteiger partial charge in [-0.25, -0.2) is 4.98 Å². The van der Waals surface area contributed by atoms with Crippen molar-refractivity contribution in [2.45, 2.75) is 0 Å². The van der Waals surface area contributed by atoms with Crippen molar-refractivity contribution >= 4 is 82.8 Å². The molecule has 0 atom stereocenters. The molecule has 0 aliphatic heterocycles. The van der Waals surface area contributed by atoms with Gasteiger partial charge in [0.15, 0.2) is 5.58 Å². The smallest absolute Gasteiger partial charge is 0.227 e. The number of anilines is 3. The number of rotatable bonds is 4.